The smallest absolute Gasteiger partial charge is 0.167 e. The standard InChI is InChI=1S/C13H17BrN4O5/c1-13(21)9(20)7(4-19)23-12(13)18-3-6(14)8-10(17-22-2)15-5-16-11(8)18/h3,5,7,9,12,19-21H,4H2,1-2H3,(H,15,16,17)/t7-,9-,12-,13-/m1/s1. The summed E-state index contributed by atoms with van der Waals surface area (Å²) < 4.78 is 7.87. The molecule has 10 heteroatoms. The molecule has 3 heterocycles. The highest BCUT2D eigenvalue weighted by molar-refractivity contribution is 9.10. The Morgan fingerprint density at radius 3 is 2.87 bits per heavy atom. The number of nitrogens with zero attached hydrogens (tertiary/aromatic N) is 3. The molecule has 0 spiro atoms. The second-order valence-corrected chi connectivity index (χ2v) is 6.35. The van der Waals surface area contributed by atoms with Crippen LogP contribution in [0, 0.1) is 0 Å². The van der Waals surface area contributed by atoms with E-state index in [1.807, 2.05) is 0 Å². The average molecular weight is 389 g/mol. The van der Waals surface area contributed by atoms with Crippen LogP contribution in [0.2, 0.25) is 0 Å². The number of aliphatic hydroxyl groups is 3. The highest BCUT2D eigenvalue weighted by Crippen LogP contribution is 2.41. The van der Waals surface area contributed by atoms with Gasteiger partial charge in [0.1, 0.15) is 29.8 Å². The van der Waals surface area contributed by atoms with Crippen molar-refractivity contribution in [2.75, 3.05) is 19.2 Å². The van der Waals surface area contributed by atoms with Crippen molar-refractivity contribution in [3.63, 3.8) is 0 Å². The lowest BCUT2D eigenvalue weighted by Crippen LogP contribution is -2.44. The molecule has 1 fully saturated rings. The Kier molecular flexibility index (Phi) is 4.29. The SMILES string of the molecule is CONc1ncnc2c1c(Br)cn2[C@@H]1O[C@H](CO)[C@@H](O)[C@@]1(C)O. The number of hydrogen-bond acceptors (Lipinski definition) is 8. The Morgan fingerprint density at radius 2 is 2.26 bits per heavy atom. The van der Waals surface area contributed by atoms with E-state index in [1.165, 1.54) is 20.4 Å². The number of ether oxygens (including phenoxy) is 1. The second-order valence-electron chi connectivity index (χ2n) is 5.49. The molecule has 3 rings (SSSR count). The molecule has 2 aromatic heterocycles. The van der Waals surface area contributed by atoms with E-state index in [-0.39, 0.29) is 0 Å². The van der Waals surface area contributed by atoms with E-state index in [9.17, 15) is 15.3 Å². The summed E-state index contributed by atoms with van der Waals surface area (Å²) >= 11 is 3.43. The van der Waals surface area contributed by atoms with Crippen LogP contribution < -0.4 is 5.48 Å². The summed E-state index contributed by atoms with van der Waals surface area (Å²) in [6.45, 7) is 1.05. The first-order chi connectivity index (χ1) is 10.9. The lowest BCUT2D eigenvalue weighted by atomic mass is 9.96. The molecule has 0 bridgehead atoms. The van der Waals surface area contributed by atoms with E-state index >= 15 is 0 Å². The zero-order valence-electron chi connectivity index (χ0n) is 12.5. The summed E-state index contributed by atoms with van der Waals surface area (Å²) in [7, 11) is 1.46. The predicted octanol–water partition coefficient (Wildman–Crippen LogP) is 0.169. The van der Waals surface area contributed by atoms with Crippen molar-refractivity contribution in [2.24, 2.45) is 0 Å². The van der Waals surface area contributed by atoms with Crippen LogP contribution in [0.25, 0.3) is 11.0 Å². The molecule has 9 nitrogen and oxygen atoms in total. The third-order valence-electron chi connectivity index (χ3n) is 3.95. The van der Waals surface area contributed by atoms with Crippen molar-refractivity contribution in [1.82, 2.24) is 14.5 Å². The summed E-state index contributed by atoms with van der Waals surface area (Å²) in [6.07, 6.45) is -0.0206. The molecule has 0 radical (unpaired) electrons. The minimum atomic E-state index is -1.60. The van der Waals surface area contributed by atoms with Gasteiger partial charge >= 0.3 is 0 Å². The molecule has 2 aromatic rings. The molecular weight excluding hydrogens is 372 g/mol. The van der Waals surface area contributed by atoms with Gasteiger partial charge < -0.3 is 24.6 Å². The molecule has 0 aliphatic carbocycles. The van der Waals surface area contributed by atoms with Crippen LogP contribution in [0.5, 0.6) is 0 Å². The van der Waals surface area contributed by atoms with Crippen molar-refractivity contribution >= 4 is 32.8 Å². The number of aliphatic hydroxyl groups excluding tert-OH is 2. The minimum Gasteiger partial charge on any atom is -0.394 e. The van der Waals surface area contributed by atoms with Crippen LogP contribution in [0.4, 0.5) is 5.82 Å². The summed E-state index contributed by atoms with van der Waals surface area (Å²) in [4.78, 5) is 13.2. The summed E-state index contributed by atoms with van der Waals surface area (Å²) in [5, 5.41) is 30.7. The zero-order chi connectivity index (χ0) is 16.8. The maximum Gasteiger partial charge on any atom is 0.167 e. The van der Waals surface area contributed by atoms with E-state index in [2.05, 4.69) is 31.4 Å². The molecule has 23 heavy (non-hydrogen) atoms. The number of fused-ring (bicyclic) bond motifs is 1. The van der Waals surface area contributed by atoms with Crippen LogP contribution >= 0.6 is 15.9 Å². The van der Waals surface area contributed by atoms with Gasteiger partial charge in [-0.2, -0.15) is 0 Å². The molecule has 126 valence electrons. The molecule has 4 atom stereocenters. The first-order valence-corrected chi connectivity index (χ1v) is 7.68. The highest BCUT2D eigenvalue weighted by atomic mass is 79.9. The Balaban J connectivity index is 2.13. The maximum absolute atomic E-state index is 10.6. The first kappa shape index (κ1) is 16.6. The number of halogens is 1. The largest absolute Gasteiger partial charge is 0.394 e. The molecule has 0 unspecified atom stereocenters. The molecular formula is C13H17BrN4O5. The molecule has 4 N–H and O–H groups in total. The van der Waals surface area contributed by atoms with Gasteiger partial charge in [0.2, 0.25) is 0 Å². The van der Waals surface area contributed by atoms with E-state index < -0.39 is 30.6 Å². The maximum atomic E-state index is 10.6. The van der Waals surface area contributed by atoms with Crippen LogP contribution in [0.15, 0.2) is 17.0 Å². The minimum absolute atomic E-state index is 0.403. The Morgan fingerprint density at radius 1 is 1.52 bits per heavy atom. The number of rotatable bonds is 4. The fourth-order valence-corrected chi connectivity index (χ4v) is 3.37. The molecule has 1 aliphatic heterocycles. The van der Waals surface area contributed by atoms with Gasteiger partial charge in [0.15, 0.2) is 12.0 Å². The molecule has 0 amide bonds. The van der Waals surface area contributed by atoms with Crippen molar-refractivity contribution in [2.45, 2.75) is 31.0 Å². The zero-order valence-corrected chi connectivity index (χ0v) is 14.1. The summed E-state index contributed by atoms with van der Waals surface area (Å²) in [5.41, 5.74) is 1.53. The fraction of sp³-hybridized carbons (Fsp3) is 0.538. The van der Waals surface area contributed by atoms with E-state index in [4.69, 9.17) is 9.57 Å². The molecule has 0 aromatic carbocycles. The second kappa shape index (κ2) is 5.96. The number of aromatic nitrogens is 3. The fourth-order valence-electron chi connectivity index (χ4n) is 2.78. The first-order valence-electron chi connectivity index (χ1n) is 6.88. The topological polar surface area (TPSA) is 122 Å². The Hall–Kier alpha value is -1.30. The molecule has 1 aliphatic rings. The number of anilines is 1. The third-order valence-corrected chi connectivity index (χ3v) is 4.55. The van der Waals surface area contributed by atoms with Gasteiger partial charge in [-0.1, -0.05) is 0 Å². The van der Waals surface area contributed by atoms with E-state index in [1.54, 1.807) is 10.8 Å². The normalized spacial score (nSPS) is 31.0. The van der Waals surface area contributed by atoms with Crippen molar-refractivity contribution in [3.05, 3.63) is 17.0 Å². The predicted molar refractivity (Wildman–Crippen MR) is 83.5 cm³/mol. The lowest BCUT2D eigenvalue weighted by Gasteiger charge is -2.27. The van der Waals surface area contributed by atoms with Crippen molar-refractivity contribution in [3.8, 4) is 0 Å². The van der Waals surface area contributed by atoms with Gasteiger partial charge in [-0.05, 0) is 22.9 Å². The van der Waals surface area contributed by atoms with Crippen LogP contribution in [-0.4, -0.2) is 61.4 Å². The van der Waals surface area contributed by atoms with Gasteiger partial charge in [0, 0.05) is 10.7 Å². The average Bonchev–Trinajstić information content (AvgIpc) is 2.96. The highest BCUT2D eigenvalue weighted by Gasteiger charge is 2.53. The summed E-state index contributed by atoms with van der Waals surface area (Å²) in [6, 6.07) is 0. The van der Waals surface area contributed by atoms with Gasteiger partial charge in [-0.15, -0.1) is 0 Å². The van der Waals surface area contributed by atoms with E-state index in [0.717, 1.165) is 0 Å². The Labute approximate surface area is 140 Å². The summed E-state index contributed by atoms with van der Waals surface area (Å²) in [5.74, 6) is 0.444. The van der Waals surface area contributed by atoms with Crippen molar-refractivity contribution in [1.29, 1.82) is 0 Å². The quantitative estimate of drug-likeness (QED) is 0.546. The van der Waals surface area contributed by atoms with E-state index in [0.29, 0.717) is 21.3 Å². The molecule has 0 saturated carbocycles. The van der Waals surface area contributed by atoms with Crippen LogP contribution in [-0.2, 0) is 9.57 Å². The lowest BCUT2D eigenvalue weighted by molar-refractivity contribution is -0.0948. The van der Waals surface area contributed by atoms with Gasteiger partial charge in [0.25, 0.3) is 0 Å². The van der Waals surface area contributed by atoms with Crippen molar-refractivity contribution < 1.29 is 24.9 Å². The Bertz CT molecular complexity index is 722. The number of nitrogens with one attached hydrogen (secondary N) is 1. The van der Waals surface area contributed by atoms with Crippen LogP contribution in [0.1, 0.15) is 13.2 Å². The third kappa shape index (κ3) is 2.51. The monoisotopic (exact) mass is 388 g/mol. The molecule has 1 saturated heterocycles. The van der Waals surface area contributed by atoms with Gasteiger partial charge in [-0.3, -0.25) is 4.84 Å². The van der Waals surface area contributed by atoms with Gasteiger partial charge in [0.05, 0.1) is 19.1 Å². The van der Waals surface area contributed by atoms with Gasteiger partial charge in [-0.25, -0.2) is 15.4 Å². The number of hydrogen-bond donors (Lipinski definition) is 4. The van der Waals surface area contributed by atoms with Crippen LogP contribution in [0.3, 0.4) is 0 Å².